The average molecular weight is 449 g/mol. The summed E-state index contributed by atoms with van der Waals surface area (Å²) in [4.78, 5) is 37.8. The highest BCUT2D eigenvalue weighted by Gasteiger charge is 2.46. The summed E-state index contributed by atoms with van der Waals surface area (Å²) < 4.78 is 0. The number of nitro groups is 1. The van der Waals surface area contributed by atoms with Gasteiger partial charge in [-0.15, -0.1) is 0 Å². The van der Waals surface area contributed by atoms with Gasteiger partial charge in [-0.2, -0.15) is 0 Å². The van der Waals surface area contributed by atoms with Gasteiger partial charge in [0.25, 0.3) is 17.4 Å². The van der Waals surface area contributed by atoms with Crippen LogP contribution in [0.3, 0.4) is 0 Å². The normalized spacial score (nSPS) is 17.6. The van der Waals surface area contributed by atoms with Gasteiger partial charge in [-0.25, -0.2) is 0 Å². The number of aryl methyl sites for hydroxylation is 1. The Kier molecular flexibility index (Phi) is 5.50. The lowest BCUT2D eigenvalue weighted by Gasteiger charge is -2.25. The van der Waals surface area contributed by atoms with Crippen LogP contribution >= 0.6 is 11.6 Å². The van der Waals surface area contributed by atoms with Crippen molar-refractivity contribution in [3.63, 3.8) is 0 Å². The molecule has 0 aliphatic carbocycles. The second kappa shape index (κ2) is 8.28. The van der Waals surface area contributed by atoms with Gasteiger partial charge in [-0.05, 0) is 48.9 Å². The fourth-order valence-corrected chi connectivity index (χ4v) is 3.79. The number of hydrogen-bond donors (Lipinski definition) is 1. The quantitative estimate of drug-likeness (QED) is 0.195. The fraction of sp³-hybridized carbons (Fsp3) is 0.0833. The van der Waals surface area contributed by atoms with E-state index in [9.17, 15) is 24.8 Å². The molecule has 160 valence electrons. The van der Waals surface area contributed by atoms with E-state index in [2.05, 4.69) is 0 Å². The van der Waals surface area contributed by atoms with Gasteiger partial charge in [0.2, 0.25) is 0 Å². The molecule has 3 aromatic carbocycles. The molecule has 0 saturated carbocycles. The zero-order chi connectivity index (χ0) is 23.0. The lowest BCUT2D eigenvalue weighted by Crippen LogP contribution is -2.29. The van der Waals surface area contributed by atoms with E-state index < -0.39 is 28.4 Å². The first-order valence-corrected chi connectivity index (χ1v) is 10.0. The zero-order valence-corrected chi connectivity index (χ0v) is 17.6. The maximum atomic E-state index is 13.1. The maximum Gasteiger partial charge on any atom is 0.300 e. The lowest BCUT2D eigenvalue weighted by atomic mass is 9.95. The van der Waals surface area contributed by atoms with Crippen LogP contribution in [0.1, 0.15) is 22.7 Å². The largest absolute Gasteiger partial charge is 0.507 e. The summed E-state index contributed by atoms with van der Waals surface area (Å²) in [6.45, 7) is 1.91. The van der Waals surface area contributed by atoms with Gasteiger partial charge in [-0.3, -0.25) is 24.6 Å². The number of carbonyl (C=O) groups excluding carboxylic acids is 2. The van der Waals surface area contributed by atoms with Gasteiger partial charge < -0.3 is 5.11 Å². The molecule has 1 saturated heterocycles. The smallest absolute Gasteiger partial charge is 0.300 e. The number of hydrogen-bond acceptors (Lipinski definition) is 5. The van der Waals surface area contributed by atoms with Crippen molar-refractivity contribution in [2.75, 3.05) is 4.90 Å². The summed E-state index contributed by atoms with van der Waals surface area (Å²) in [5, 5.41) is 22.4. The van der Waals surface area contributed by atoms with E-state index >= 15 is 0 Å². The molecule has 1 fully saturated rings. The molecule has 1 atom stereocenters. The number of nitrogens with zero attached hydrogens (tertiary/aromatic N) is 2. The molecule has 4 rings (SSSR count). The number of carbonyl (C=O) groups is 2. The van der Waals surface area contributed by atoms with Crippen LogP contribution in [0.4, 0.5) is 11.4 Å². The van der Waals surface area contributed by atoms with Crippen molar-refractivity contribution in [3.05, 3.63) is 110 Å². The van der Waals surface area contributed by atoms with Crippen LogP contribution in [0.25, 0.3) is 5.76 Å². The van der Waals surface area contributed by atoms with Gasteiger partial charge in [0.05, 0.1) is 16.5 Å². The third kappa shape index (κ3) is 3.74. The summed E-state index contributed by atoms with van der Waals surface area (Å²) in [6, 6.07) is 18.0. The average Bonchev–Trinajstić information content (AvgIpc) is 3.05. The molecular weight excluding hydrogens is 432 g/mol. The number of aliphatic hydroxyl groups excluding tert-OH is 1. The number of aliphatic hydroxyl groups is 1. The number of benzene rings is 3. The number of nitro benzene ring substituents is 1. The van der Waals surface area contributed by atoms with Crippen molar-refractivity contribution in [3.8, 4) is 0 Å². The van der Waals surface area contributed by atoms with Crippen LogP contribution < -0.4 is 4.90 Å². The lowest BCUT2D eigenvalue weighted by molar-refractivity contribution is -0.384. The first kappa shape index (κ1) is 21.3. The number of Topliss-reactive ketones (excluding diaryl/α,β-unsaturated/α-hetero) is 1. The third-order valence-electron chi connectivity index (χ3n) is 5.29. The summed E-state index contributed by atoms with van der Waals surface area (Å²) in [5.74, 6) is -2.04. The number of anilines is 1. The Morgan fingerprint density at radius 2 is 1.56 bits per heavy atom. The molecule has 3 aromatic rings. The van der Waals surface area contributed by atoms with E-state index in [1.54, 1.807) is 36.4 Å². The number of ketones is 1. The summed E-state index contributed by atoms with van der Waals surface area (Å²) in [6.07, 6.45) is 0. The molecule has 0 aromatic heterocycles. The molecule has 0 radical (unpaired) electrons. The minimum absolute atomic E-state index is 0.105. The van der Waals surface area contributed by atoms with Crippen LogP contribution in [0.5, 0.6) is 0 Å². The van der Waals surface area contributed by atoms with Gasteiger partial charge >= 0.3 is 0 Å². The minimum atomic E-state index is -0.898. The molecule has 1 aliphatic heterocycles. The number of rotatable bonds is 4. The molecule has 0 bridgehead atoms. The molecule has 8 heteroatoms. The molecule has 1 heterocycles. The van der Waals surface area contributed by atoms with Crippen molar-refractivity contribution in [2.45, 2.75) is 13.0 Å². The Hall–Kier alpha value is -3.97. The molecule has 32 heavy (non-hydrogen) atoms. The zero-order valence-electron chi connectivity index (χ0n) is 16.9. The van der Waals surface area contributed by atoms with Gasteiger partial charge in [0.1, 0.15) is 5.76 Å². The van der Waals surface area contributed by atoms with E-state index in [1.165, 1.54) is 29.2 Å². The van der Waals surface area contributed by atoms with Crippen LogP contribution in [-0.4, -0.2) is 21.7 Å². The summed E-state index contributed by atoms with van der Waals surface area (Å²) in [7, 11) is 0. The topological polar surface area (TPSA) is 101 Å². The van der Waals surface area contributed by atoms with Crippen molar-refractivity contribution in [1.82, 2.24) is 0 Å². The second-order valence-electron chi connectivity index (χ2n) is 7.36. The van der Waals surface area contributed by atoms with Crippen molar-refractivity contribution in [2.24, 2.45) is 0 Å². The van der Waals surface area contributed by atoms with Crippen LogP contribution in [-0.2, 0) is 9.59 Å². The number of halogens is 1. The molecule has 0 spiro atoms. The van der Waals surface area contributed by atoms with E-state index in [1.807, 2.05) is 19.1 Å². The van der Waals surface area contributed by atoms with E-state index in [0.29, 0.717) is 16.3 Å². The summed E-state index contributed by atoms with van der Waals surface area (Å²) >= 11 is 6.02. The predicted octanol–water partition coefficient (Wildman–Crippen LogP) is 5.18. The minimum Gasteiger partial charge on any atom is -0.507 e. The van der Waals surface area contributed by atoms with Crippen molar-refractivity contribution >= 4 is 40.4 Å². The monoisotopic (exact) mass is 448 g/mol. The molecule has 7 nitrogen and oxygen atoms in total. The molecule has 1 aliphatic rings. The fourth-order valence-electron chi connectivity index (χ4n) is 3.66. The predicted molar refractivity (Wildman–Crippen MR) is 121 cm³/mol. The van der Waals surface area contributed by atoms with E-state index in [0.717, 1.165) is 5.56 Å². The second-order valence-corrected chi connectivity index (χ2v) is 7.80. The third-order valence-corrected chi connectivity index (χ3v) is 5.55. The summed E-state index contributed by atoms with van der Waals surface area (Å²) in [5.41, 5.74) is 2.00. The highest BCUT2D eigenvalue weighted by Crippen LogP contribution is 2.42. The van der Waals surface area contributed by atoms with Crippen LogP contribution in [0.15, 0.2) is 78.4 Å². The Bertz CT molecular complexity index is 1250. The highest BCUT2D eigenvalue weighted by atomic mass is 35.5. The Morgan fingerprint density at radius 3 is 2.12 bits per heavy atom. The SMILES string of the molecule is Cc1ccc(N2C(=O)C(=O)C(=C(O)c3ccc([N+](=O)[O-])cc3)[C@@H]2c2ccc(Cl)cc2)cc1. The molecule has 0 unspecified atom stereocenters. The molecular formula is C24H17ClN2O5. The van der Waals surface area contributed by atoms with Gasteiger partial charge in [0.15, 0.2) is 0 Å². The number of non-ortho nitro benzene ring substituents is 1. The van der Waals surface area contributed by atoms with Crippen LogP contribution in [0.2, 0.25) is 5.02 Å². The van der Waals surface area contributed by atoms with Crippen LogP contribution in [0, 0.1) is 17.0 Å². The molecule has 1 N–H and O–H groups in total. The Morgan fingerprint density at radius 1 is 0.969 bits per heavy atom. The highest BCUT2D eigenvalue weighted by molar-refractivity contribution is 6.51. The van der Waals surface area contributed by atoms with Gasteiger partial charge in [-0.1, -0.05) is 41.4 Å². The van der Waals surface area contributed by atoms with Crippen molar-refractivity contribution in [1.29, 1.82) is 0 Å². The molecule has 1 amide bonds. The Balaban J connectivity index is 1.90. The van der Waals surface area contributed by atoms with Crippen molar-refractivity contribution < 1.29 is 19.6 Å². The van der Waals surface area contributed by atoms with E-state index in [4.69, 9.17) is 11.6 Å². The maximum absolute atomic E-state index is 13.1. The number of amides is 1. The Labute approximate surface area is 188 Å². The first-order valence-electron chi connectivity index (χ1n) is 9.66. The van der Waals surface area contributed by atoms with Gasteiger partial charge in [0, 0.05) is 28.4 Å². The standard InChI is InChI=1S/C24H17ClN2O5/c1-14-2-10-18(11-3-14)26-21(15-4-8-17(25)9-5-15)20(23(29)24(26)30)22(28)16-6-12-19(13-7-16)27(31)32/h2-13,21,28H,1H3/t21-/m0/s1. The first-order chi connectivity index (χ1) is 15.3. The van der Waals surface area contributed by atoms with E-state index in [-0.39, 0.29) is 16.8 Å².